The highest BCUT2D eigenvalue weighted by molar-refractivity contribution is 7.99. The van der Waals surface area contributed by atoms with Gasteiger partial charge in [-0.1, -0.05) is 36.0 Å². The van der Waals surface area contributed by atoms with E-state index in [1.54, 1.807) is 24.3 Å². The molecule has 0 bridgehead atoms. The van der Waals surface area contributed by atoms with Gasteiger partial charge in [0.05, 0.1) is 25.7 Å². The summed E-state index contributed by atoms with van der Waals surface area (Å²) in [5, 5.41) is 9.35. The first kappa shape index (κ1) is 23.6. The third kappa shape index (κ3) is 5.66. The highest BCUT2D eigenvalue weighted by Crippen LogP contribution is 2.28. The molecule has 4 aromatic rings. The molecule has 2 aromatic heterocycles. The molecule has 0 radical (unpaired) electrons. The summed E-state index contributed by atoms with van der Waals surface area (Å²) in [7, 11) is 1.61. The third-order valence-corrected chi connectivity index (χ3v) is 6.21. The molecule has 176 valence electrons. The molecule has 2 heterocycles. The minimum atomic E-state index is -0.313. The van der Waals surface area contributed by atoms with Crippen LogP contribution in [0.3, 0.4) is 0 Å². The normalized spacial score (nSPS) is 10.9. The molecular weight excluding hydrogens is 455 g/mol. The number of halogens is 1. The molecule has 0 spiro atoms. The van der Waals surface area contributed by atoms with Crippen molar-refractivity contribution in [1.29, 1.82) is 0 Å². The van der Waals surface area contributed by atoms with Crippen LogP contribution < -0.4 is 4.74 Å². The fraction of sp³-hybridized carbons (Fsp3) is 0.240. The van der Waals surface area contributed by atoms with Gasteiger partial charge in [0.25, 0.3) is 0 Å². The van der Waals surface area contributed by atoms with Crippen molar-refractivity contribution in [3.63, 3.8) is 0 Å². The Morgan fingerprint density at radius 2 is 2.00 bits per heavy atom. The van der Waals surface area contributed by atoms with Gasteiger partial charge in [0.1, 0.15) is 17.3 Å². The van der Waals surface area contributed by atoms with Crippen molar-refractivity contribution in [2.75, 3.05) is 19.4 Å². The van der Waals surface area contributed by atoms with Crippen LogP contribution >= 0.6 is 11.8 Å². The lowest BCUT2D eigenvalue weighted by Crippen LogP contribution is -2.31. The first-order valence-electron chi connectivity index (χ1n) is 10.8. The molecule has 1 amide bonds. The summed E-state index contributed by atoms with van der Waals surface area (Å²) in [6, 6.07) is 17.6. The summed E-state index contributed by atoms with van der Waals surface area (Å²) in [4.78, 5) is 14.6. The molecular formula is C25H25FN4O3S. The largest absolute Gasteiger partial charge is 0.497 e. The topological polar surface area (TPSA) is 73.4 Å². The van der Waals surface area contributed by atoms with Crippen molar-refractivity contribution < 1.29 is 18.3 Å². The van der Waals surface area contributed by atoms with Gasteiger partial charge >= 0.3 is 0 Å². The van der Waals surface area contributed by atoms with Gasteiger partial charge in [0, 0.05) is 18.7 Å². The quantitative estimate of drug-likeness (QED) is 0.302. The molecule has 0 unspecified atom stereocenters. The number of furan rings is 1. The van der Waals surface area contributed by atoms with Gasteiger partial charge in [-0.25, -0.2) is 4.39 Å². The zero-order valence-electron chi connectivity index (χ0n) is 19.0. The van der Waals surface area contributed by atoms with Crippen molar-refractivity contribution >= 4 is 17.7 Å². The van der Waals surface area contributed by atoms with Crippen molar-refractivity contribution in [3.05, 3.63) is 84.1 Å². The molecule has 2 aromatic carbocycles. The summed E-state index contributed by atoms with van der Waals surface area (Å²) >= 11 is 1.31. The molecule has 7 nitrogen and oxygen atoms in total. The van der Waals surface area contributed by atoms with Crippen LogP contribution in [0.15, 0.2) is 76.5 Å². The van der Waals surface area contributed by atoms with Gasteiger partial charge in [-0.3, -0.25) is 9.36 Å². The number of methoxy groups -OCH3 is 1. The number of amides is 1. The predicted molar refractivity (Wildman–Crippen MR) is 128 cm³/mol. The number of thioether (sulfide) groups is 1. The van der Waals surface area contributed by atoms with Gasteiger partial charge in [-0.15, -0.1) is 10.2 Å². The van der Waals surface area contributed by atoms with E-state index in [0.29, 0.717) is 36.4 Å². The minimum Gasteiger partial charge on any atom is -0.497 e. The van der Waals surface area contributed by atoms with Crippen molar-refractivity contribution in [2.24, 2.45) is 0 Å². The lowest BCUT2D eigenvalue weighted by Gasteiger charge is -2.21. The SMILES string of the molecule is CCN(Cc1cccc(F)c1)C(=O)CSc1nnc(-c2cccc(OC)c2)n1Cc1ccco1. The molecule has 0 atom stereocenters. The van der Waals surface area contributed by atoms with E-state index in [0.717, 1.165) is 16.9 Å². The maximum Gasteiger partial charge on any atom is 0.233 e. The Morgan fingerprint density at radius 1 is 1.15 bits per heavy atom. The number of rotatable bonds is 10. The number of aromatic nitrogens is 3. The van der Waals surface area contributed by atoms with Crippen molar-refractivity contribution in [2.45, 2.75) is 25.2 Å². The van der Waals surface area contributed by atoms with Crippen LogP contribution in [-0.2, 0) is 17.9 Å². The molecule has 0 saturated carbocycles. The summed E-state index contributed by atoms with van der Waals surface area (Å²) in [5.74, 6) is 1.91. The molecule has 4 rings (SSSR count). The Balaban J connectivity index is 1.53. The van der Waals surface area contributed by atoms with E-state index in [2.05, 4.69) is 10.2 Å². The summed E-state index contributed by atoms with van der Waals surface area (Å²) < 4.78 is 26.4. The van der Waals surface area contributed by atoms with E-state index >= 15 is 0 Å². The number of ether oxygens (including phenoxy) is 1. The van der Waals surface area contributed by atoms with Gasteiger partial charge in [0.15, 0.2) is 11.0 Å². The van der Waals surface area contributed by atoms with Crippen molar-refractivity contribution in [1.82, 2.24) is 19.7 Å². The highest BCUT2D eigenvalue weighted by atomic mass is 32.2. The first-order valence-corrected chi connectivity index (χ1v) is 11.8. The molecule has 0 aliphatic rings. The van der Waals surface area contributed by atoms with Crippen LogP contribution in [0.2, 0.25) is 0 Å². The molecule has 0 N–H and O–H groups in total. The third-order valence-electron chi connectivity index (χ3n) is 5.26. The molecule has 0 aliphatic carbocycles. The maximum atomic E-state index is 13.5. The van der Waals surface area contributed by atoms with E-state index in [-0.39, 0.29) is 17.5 Å². The molecule has 0 aliphatic heterocycles. The van der Waals surface area contributed by atoms with Crippen LogP contribution in [0.4, 0.5) is 4.39 Å². The Morgan fingerprint density at radius 3 is 2.74 bits per heavy atom. The lowest BCUT2D eigenvalue weighted by atomic mass is 10.2. The Bertz CT molecular complexity index is 1240. The predicted octanol–water partition coefficient (Wildman–Crippen LogP) is 4.87. The molecule has 34 heavy (non-hydrogen) atoms. The summed E-state index contributed by atoms with van der Waals surface area (Å²) in [6.07, 6.45) is 1.62. The zero-order valence-corrected chi connectivity index (χ0v) is 19.8. The second-order valence-electron chi connectivity index (χ2n) is 7.53. The zero-order chi connectivity index (χ0) is 23.9. The Hall–Kier alpha value is -3.59. The summed E-state index contributed by atoms with van der Waals surface area (Å²) in [6.45, 7) is 3.19. The van der Waals surface area contributed by atoms with E-state index in [1.807, 2.05) is 54.0 Å². The Labute approximate surface area is 201 Å². The number of carbonyl (C=O) groups is 1. The van der Waals surface area contributed by atoms with Crippen LogP contribution in [0.5, 0.6) is 5.75 Å². The van der Waals surface area contributed by atoms with Gasteiger partial charge in [0.2, 0.25) is 5.91 Å². The van der Waals surface area contributed by atoms with Gasteiger partial charge in [-0.05, 0) is 48.9 Å². The van der Waals surface area contributed by atoms with E-state index < -0.39 is 0 Å². The van der Waals surface area contributed by atoms with Gasteiger partial charge < -0.3 is 14.1 Å². The summed E-state index contributed by atoms with van der Waals surface area (Å²) in [5.41, 5.74) is 1.60. The molecule has 0 fully saturated rings. The number of nitrogens with zero attached hydrogens (tertiary/aromatic N) is 4. The number of benzene rings is 2. The number of hydrogen-bond donors (Lipinski definition) is 0. The lowest BCUT2D eigenvalue weighted by molar-refractivity contribution is -0.128. The van der Waals surface area contributed by atoms with E-state index in [9.17, 15) is 9.18 Å². The minimum absolute atomic E-state index is 0.0627. The average Bonchev–Trinajstić information content (AvgIpc) is 3.51. The molecule has 0 saturated heterocycles. The van der Waals surface area contributed by atoms with Crippen LogP contribution in [0.1, 0.15) is 18.2 Å². The molecule has 9 heteroatoms. The first-order chi connectivity index (χ1) is 16.6. The fourth-order valence-electron chi connectivity index (χ4n) is 3.52. The standard InChI is InChI=1S/C25H25FN4O3S/c1-3-29(15-18-7-4-9-20(26)13-18)23(31)17-34-25-28-27-24(19-8-5-10-21(14-19)32-2)30(25)16-22-11-6-12-33-22/h4-14H,3,15-17H2,1-2H3. The second kappa shape index (κ2) is 11.0. The highest BCUT2D eigenvalue weighted by Gasteiger charge is 2.19. The Kier molecular flexibility index (Phi) is 7.64. The average molecular weight is 481 g/mol. The number of carbonyl (C=O) groups excluding carboxylic acids is 1. The smallest absolute Gasteiger partial charge is 0.233 e. The number of hydrogen-bond acceptors (Lipinski definition) is 6. The van der Waals surface area contributed by atoms with Crippen LogP contribution in [0, 0.1) is 5.82 Å². The van der Waals surface area contributed by atoms with Crippen LogP contribution in [0.25, 0.3) is 11.4 Å². The maximum absolute atomic E-state index is 13.5. The van der Waals surface area contributed by atoms with E-state index in [1.165, 1.54) is 23.9 Å². The monoisotopic (exact) mass is 480 g/mol. The van der Waals surface area contributed by atoms with E-state index in [4.69, 9.17) is 9.15 Å². The van der Waals surface area contributed by atoms with Crippen LogP contribution in [-0.4, -0.2) is 45.0 Å². The van der Waals surface area contributed by atoms with Gasteiger partial charge in [-0.2, -0.15) is 0 Å². The fourth-order valence-corrected chi connectivity index (χ4v) is 4.36. The second-order valence-corrected chi connectivity index (χ2v) is 8.47. The van der Waals surface area contributed by atoms with Crippen molar-refractivity contribution in [3.8, 4) is 17.1 Å².